The third kappa shape index (κ3) is 1.73. The molecule has 0 spiro atoms. The largest absolute Gasteiger partial charge is 0.206 e. The van der Waals surface area contributed by atoms with Crippen molar-refractivity contribution in [2.75, 3.05) is 0 Å². The molecule has 0 aromatic heterocycles. The van der Waals surface area contributed by atoms with Crippen molar-refractivity contribution < 1.29 is 4.39 Å². The summed E-state index contributed by atoms with van der Waals surface area (Å²) in [4.78, 5) is 0. The van der Waals surface area contributed by atoms with Crippen molar-refractivity contribution >= 4 is 21.5 Å². The summed E-state index contributed by atoms with van der Waals surface area (Å²) < 4.78 is 14.4. The fourth-order valence-electron chi connectivity index (χ4n) is 2.86. The topological polar surface area (TPSA) is 0 Å². The zero-order valence-corrected chi connectivity index (χ0v) is 11.8. The molecule has 1 heteroatoms. The Morgan fingerprint density at radius 3 is 2.26 bits per heavy atom. The van der Waals surface area contributed by atoms with Crippen LogP contribution in [0.5, 0.6) is 0 Å². The number of hydrogen-bond donors (Lipinski definition) is 0. The lowest BCUT2D eigenvalue weighted by atomic mass is 9.92. The van der Waals surface area contributed by atoms with E-state index in [9.17, 15) is 4.39 Å². The Balaban J connectivity index is 2.61. The van der Waals surface area contributed by atoms with Crippen LogP contribution in [-0.4, -0.2) is 0 Å². The van der Waals surface area contributed by atoms with Gasteiger partial charge in [0.1, 0.15) is 5.82 Å². The predicted octanol–water partition coefficient (Wildman–Crippen LogP) is 5.37. The monoisotopic (exact) mass is 252 g/mol. The normalized spacial score (nSPS) is 11.4. The van der Waals surface area contributed by atoms with Gasteiger partial charge in [-0.3, -0.25) is 0 Å². The van der Waals surface area contributed by atoms with Gasteiger partial charge in [-0.15, -0.1) is 0 Å². The highest BCUT2D eigenvalue weighted by molar-refractivity contribution is 6.09. The first kappa shape index (κ1) is 12.2. The molecule has 0 saturated heterocycles. The molecule has 0 radical (unpaired) electrons. The fraction of sp³-hybridized carbons (Fsp3) is 0.222. The highest BCUT2D eigenvalue weighted by Gasteiger charge is 2.12. The van der Waals surface area contributed by atoms with Gasteiger partial charge in [-0.1, -0.05) is 29.8 Å². The molecule has 3 aromatic rings. The van der Waals surface area contributed by atoms with Gasteiger partial charge in [0.15, 0.2) is 0 Å². The summed E-state index contributed by atoms with van der Waals surface area (Å²) in [5.41, 5.74) is 4.61. The van der Waals surface area contributed by atoms with Gasteiger partial charge in [0.2, 0.25) is 0 Å². The van der Waals surface area contributed by atoms with Crippen molar-refractivity contribution in [1.82, 2.24) is 0 Å². The van der Waals surface area contributed by atoms with E-state index in [0.717, 1.165) is 32.7 Å². The van der Waals surface area contributed by atoms with Crippen molar-refractivity contribution in [3.63, 3.8) is 0 Å². The Morgan fingerprint density at radius 1 is 0.789 bits per heavy atom. The average molecular weight is 252 g/mol. The third-order valence-corrected chi connectivity index (χ3v) is 4.18. The molecule has 0 aliphatic carbocycles. The van der Waals surface area contributed by atoms with Crippen molar-refractivity contribution in [3.05, 3.63) is 58.4 Å². The Morgan fingerprint density at radius 2 is 1.53 bits per heavy atom. The zero-order valence-electron chi connectivity index (χ0n) is 11.8. The molecular weight excluding hydrogens is 235 g/mol. The Kier molecular flexibility index (Phi) is 2.60. The van der Waals surface area contributed by atoms with E-state index < -0.39 is 0 Å². The third-order valence-electron chi connectivity index (χ3n) is 4.18. The Bertz CT molecular complexity index is 813. The van der Waals surface area contributed by atoms with Crippen molar-refractivity contribution in [3.8, 4) is 0 Å². The first-order valence-electron chi connectivity index (χ1n) is 6.58. The molecule has 0 aliphatic heterocycles. The lowest BCUT2D eigenvalue weighted by molar-refractivity contribution is 0.640. The first-order chi connectivity index (χ1) is 8.99. The molecule has 3 aromatic carbocycles. The molecule has 96 valence electrons. The minimum absolute atomic E-state index is 0.117. The standard InChI is InChI=1S/C18H17F/c1-10-5-6-15-14(7-10)9-17(19)18-13(4)12(3)11(2)8-16(15)18/h5-9H,1-4H3. The van der Waals surface area contributed by atoms with Crippen LogP contribution in [0.4, 0.5) is 4.39 Å². The van der Waals surface area contributed by atoms with Gasteiger partial charge in [0.05, 0.1) is 0 Å². The van der Waals surface area contributed by atoms with E-state index in [1.807, 2.05) is 19.9 Å². The lowest BCUT2D eigenvalue weighted by Gasteiger charge is -2.13. The van der Waals surface area contributed by atoms with Gasteiger partial charge < -0.3 is 0 Å². The second-order valence-corrected chi connectivity index (χ2v) is 5.45. The average Bonchev–Trinajstić information content (AvgIpc) is 2.35. The van der Waals surface area contributed by atoms with Crippen LogP contribution in [0.1, 0.15) is 22.3 Å². The van der Waals surface area contributed by atoms with Gasteiger partial charge in [0, 0.05) is 5.39 Å². The molecule has 0 nitrogen and oxygen atoms in total. The van der Waals surface area contributed by atoms with Crippen LogP contribution in [-0.2, 0) is 0 Å². The van der Waals surface area contributed by atoms with Crippen molar-refractivity contribution in [2.45, 2.75) is 27.7 Å². The zero-order chi connectivity index (χ0) is 13.7. The maximum atomic E-state index is 14.4. The van der Waals surface area contributed by atoms with Gasteiger partial charge >= 0.3 is 0 Å². The van der Waals surface area contributed by atoms with Crippen LogP contribution >= 0.6 is 0 Å². The van der Waals surface area contributed by atoms with E-state index in [-0.39, 0.29) is 5.82 Å². The molecule has 0 N–H and O–H groups in total. The molecule has 0 unspecified atom stereocenters. The fourth-order valence-corrected chi connectivity index (χ4v) is 2.86. The van der Waals surface area contributed by atoms with Gasteiger partial charge in [0.25, 0.3) is 0 Å². The van der Waals surface area contributed by atoms with Gasteiger partial charge in [-0.25, -0.2) is 4.39 Å². The summed E-state index contributed by atoms with van der Waals surface area (Å²) in [6.45, 7) is 8.19. The van der Waals surface area contributed by atoms with Crippen LogP contribution in [0.2, 0.25) is 0 Å². The van der Waals surface area contributed by atoms with Crippen LogP contribution in [0.3, 0.4) is 0 Å². The minimum atomic E-state index is -0.117. The molecule has 0 atom stereocenters. The molecule has 0 saturated carbocycles. The maximum Gasteiger partial charge on any atom is 0.131 e. The van der Waals surface area contributed by atoms with Crippen molar-refractivity contribution in [2.24, 2.45) is 0 Å². The summed E-state index contributed by atoms with van der Waals surface area (Å²) >= 11 is 0. The van der Waals surface area contributed by atoms with E-state index in [2.05, 4.69) is 32.0 Å². The van der Waals surface area contributed by atoms with Crippen molar-refractivity contribution in [1.29, 1.82) is 0 Å². The van der Waals surface area contributed by atoms with E-state index in [0.29, 0.717) is 0 Å². The van der Waals surface area contributed by atoms with Gasteiger partial charge in [-0.2, -0.15) is 0 Å². The van der Waals surface area contributed by atoms with E-state index >= 15 is 0 Å². The Hall–Kier alpha value is -1.89. The number of rotatable bonds is 0. The maximum absolute atomic E-state index is 14.4. The molecule has 0 aliphatic rings. The quantitative estimate of drug-likeness (QED) is 0.472. The summed E-state index contributed by atoms with van der Waals surface area (Å²) in [7, 11) is 0. The Labute approximate surface area is 112 Å². The number of benzene rings is 3. The van der Waals surface area contributed by atoms with E-state index in [1.54, 1.807) is 6.07 Å². The summed E-state index contributed by atoms with van der Waals surface area (Å²) in [6, 6.07) is 10.00. The van der Waals surface area contributed by atoms with Crippen LogP contribution < -0.4 is 0 Å². The van der Waals surface area contributed by atoms with Crippen LogP contribution in [0.25, 0.3) is 21.5 Å². The second-order valence-electron chi connectivity index (χ2n) is 5.45. The summed E-state index contributed by atoms with van der Waals surface area (Å²) in [5.74, 6) is -0.117. The molecule has 0 heterocycles. The van der Waals surface area contributed by atoms with Gasteiger partial charge in [-0.05, 0) is 66.6 Å². The molecule has 0 bridgehead atoms. The van der Waals surface area contributed by atoms with Crippen LogP contribution in [0.15, 0.2) is 30.3 Å². The van der Waals surface area contributed by atoms with E-state index in [1.165, 1.54) is 11.1 Å². The SMILES string of the molecule is Cc1ccc2c(c1)cc(F)c1c(C)c(C)c(C)cc12. The van der Waals surface area contributed by atoms with E-state index in [4.69, 9.17) is 0 Å². The highest BCUT2D eigenvalue weighted by Crippen LogP contribution is 2.33. The smallest absolute Gasteiger partial charge is 0.131 e. The predicted molar refractivity (Wildman–Crippen MR) is 80.4 cm³/mol. The minimum Gasteiger partial charge on any atom is -0.206 e. The van der Waals surface area contributed by atoms with Crippen LogP contribution in [0, 0.1) is 33.5 Å². The number of fused-ring (bicyclic) bond motifs is 3. The molecule has 0 fully saturated rings. The molecule has 0 amide bonds. The molecular formula is C18H17F. The molecule has 19 heavy (non-hydrogen) atoms. The highest BCUT2D eigenvalue weighted by atomic mass is 19.1. The summed E-state index contributed by atoms with van der Waals surface area (Å²) in [5, 5.41) is 3.90. The number of hydrogen-bond acceptors (Lipinski definition) is 0. The molecule has 3 rings (SSSR count). The lowest BCUT2D eigenvalue weighted by Crippen LogP contribution is -1.93. The second kappa shape index (κ2) is 4.06. The summed E-state index contributed by atoms with van der Waals surface area (Å²) in [6.07, 6.45) is 0. The number of aryl methyl sites for hydroxylation is 3. The first-order valence-corrected chi connectivity index (χ1v) is 6.58. The number of halogens is 1.